The first-order valence-electron chi connectivity index (χ1n) is 7.06. The van der Waals surface area contributed by atoms with Gasteiger partial charge in [-0.15, -0.1) is 0 Å². The summed E-state index contributed by atoms with van der Waals surface area (Å²) in [7, 11) is 1.72. The van der Waals surface area contributed by atoms with E-state index in [4.69, 9.17) is 10.5 Å². The van der Waals surface area contributed by atoms with Crippen LogP contribution in [-0.4, -0.2) is 7.11 Å². The molecule has 0 radical (unpaired) electrons. The topological polar surface area (TPSA) is 35.2 Å². The summed E-state index contributed by atoms with van der Waals surface area (Å²) >= 11 is 0. The minimum absolute atomic E-state index is 0.283. The van der Waals surface area contributed by atoms with Crippen LogP contribution in [-0.2, 0) is 5.54 Å². The number of para-hydroxylation sites is 1. The van der Waals surface area contributed by atoms with E-state index in [1.54, 1.807) is 7.11 Å². The van der Waals surface area contributed by atoms with Crippen LogP contribution in [0.3, 0.4) is 0 Å². The molecule has 1 atom stereocenters. The normalized spacial score (nSPS) is 20.4. The Labute approximate surface area is 111 Å². The predicted octanol–water partition coefficient (Wildman–Crippen LogP) is 3.84. The molecule has 0 aliphatic heterocycles. The van der Waals surface area contributed by atoms with Gasteiger partial charge in [0, 0.05) is 11.1 Å². The number of rotatable bonds is 4. The zero-order chi connectivity index (χ0) is 13.0. The van der Waals surface area contributed by atoms with Crippen LogP contribution >= 0.6 is 0 Å². The number of hydrogen-bond acceptors (Lipinski definition) is 2. The monoisotopic (exact) mass is 247 g/mol. The van der Waals surface area contributed by atoms with Crippen molar-refractivity contribution in [3.63, 3.8) is 0 Å². The molecule has 1 aromatic carbocycles. The van der Waals surface area contributed by atoms with Gasteiger partial charge in [0.2, 0.25) is 0 Å². The molecular weight excluding hydrogens is 222 g/mol. The minimum atomic E-state index is -0.283. The van der Waals surface area contributed by atoms with Crippen molar-refractivity contribution in [2.75, 3.05) is 7.11 Å². The maximum Gasteiger partial charge on any atom is 0.123 e. The number of benzene rings is 1. The van der Waals surface area contributed by atoms with Gasteiger partial charge < -0.3 is 10.5 Å². The number of ether oxygens (including phenoxy) is 1. The Kier molecular flexibility index (Phi) is 4.28. The van der Waals surface area contributed by atoms with Crippen molar-refractivity contribution in [1.29, 1.82) is 0 Å². The molecule has 2 rings (SSSR count). The predicted molar refractivity (Wildman–Crippen MR) is 75.7 cm³/mol. The molecule has 1 aliphatic carbocycles. The summed E-state index contributed by atoms with van der Waals surface area (Å²) in [4.78, 5) is 0. The van der Waals surface area contributed by atoms with Gasteiger partial charge in [0.25, 0.3) is 0 Å². The van der Waals surface area contributed by atoms with Crippen molar-refractivity contribution in [2.45, 2.75) is 51.0 Å². The summed E-state index contributed by atoms with van der Waals surface area (Å²) in [5.74, 6) is 1.69. The lowest BCUT2D eigenvalue weighted by molar-refractivity contribution is 0.266. The van der Waals surface area contributed by atoms with Gasteiger partial charge in [0.1, 0.15) is 5.75 Å². The van der Waals surface area contributed by atoms with E-state index >= 15 is 0 Å². The average Bonchev–Trinajstić information content (AvgIpc) is 2.39. The maximum absolute atomic E-state index is 6.57. The van der Waals surface area contributed by atoms with E-state index in [9.17, 15) is 0 Å². The molecule has 0 bridgehead atoms. The molecule has 1 fully saturated rings. The summed E-state index contributed by atoms with van der Waals surface area (Å²) in [5.41, 5.74) is 7.42. The second-order valence-electron chi connectivity index (χ2n) is 5.83. The summed E-state index contributed by atoms with van der Waals surface area (Å²) in [5, 5.41) is 0. The molecule has 1 saturated carbocycles. The van der Waals surface area contributed by atoms with Gasteiger partial charge >= 0.3 is 0 Å². The molecule has 2 N–H and O–H groups in total. The fourth-order valence-electron chi connectivity index (χ4n) is 3.22. The van der Waals surface area contributed by atoms with Gasteiger partial charge in [-0.1, -0.05) is 50.3 Å². The molecule has 0 aromatic heterocycles. The highest BCUT2D eigenvalue weighted by Gasteiger charge is 2.29. The van der Waals surface area contributed by atoms with Gasteiger partial charge in [-0.25, -0.2) is 0 Å². The van der Waals surface area contributed by atoms with Gasteiger partial charge in [-0.3, -0.25) is 0 Å². The van der Waals surface area contributed by atoms with Crippen LogP contribution in [0.1, 0.15) is 51.0 Å². The zero-order valence-corrected chi connectivity index (χ0v) is 11.6. The third kappa shape index (κ3) is 3.05. The Morgan fingerprint density at radius 1 is 1.22 bits per heavy atom. The average molecular weight is 247 g/mol. The SMILES string of the molecule is COc1ccccc1C(C)(N)CC1CCCCC1. The number of hydrogen-bond donors (Lipinski definition) is 1. The highest BCUT2D eigenvalue weighted by Crippen LogP contribution is 2.37. The van der Waals surface area contributed by atoms with Crippen molar-refractivity contribution < 1.29 is 4.74 Å². The lowest BCUT2D eigenvalue weighted by atomic mass is 9.77. The molecular formula is C16H25NO. The van der Waals surface area contributed by atoms with Gasteiger partial charge in [0.15, 0.2) is 0 Å². The Morgan fingerprint density at radius 3 is 2.56 bits per heavy atom. The second kappa shape index (κ2) is 5.75. The summed E-state index contributed by atoms with van der Waals surface area (Å²) < 4.78 is 5.44. The van der Waals surface area contributed by atoms with E-state index in [0.717, 1.165) is 23.7 Å². The Morgan fingerprint density at radius 2 is 1.89 bits per heavy atom. The molecule has 2 nitrogen and oxygen atoms in total. The molecule has 1 unspecified atom stereocenters. The van der Waals surface area contributed by atoms with E-state index in [2.05, 4.69) is 13.0 Å². The van der Waals surface area contributed by atoms with Gasteiger partial charge in [-0.2, -0.15) is 0 Å². The van der Waals surface area contributed by atoms with Crippen LogP contribution in [0.2, 0.25) is 0 Å². The fraction of sp³-hybridized carbons (Fsp3) is 0.625. The van der Waals surface area contributed by atoms with Crippen molar-refractivity contribution in [2.24, 2.45) is 11.7 Å². The number of nitrogens with two attached hydrogens (primary N) is 1. The summed E-state index contributed by atoms with van der Waals surface area (Å²) in [6.07, 6.45) is 7.86. The van der Waals surface area contributed by atoms with E-state index in [1.807, 2.05) is 18.2 Å². The zero-order valence-electron chi connectivity index (χ0n) is 11.6. The largest absolute Gasteiger partial charge is 0.496 e. The van der Waals surface area contributed by atoms with Gasteiger partial charge in [0.05, 0.1) is 7.11 Å². The molecule has 0 spiro atoms. The van der Waals surface area contributed by atoms with E-state index in [1.165, 1.54) is 32.1 Å². The van der Waals surface area contributed by atoms with E-state index in [-0.39, 0.29) is 5.54 Å². The lowest BCUT2D eigenvalue weighted by Crippen LogP contribution is -2.36. The molecule has 0 heterocycles. The van der Waals surface area contributed by atoms with Crippen LogP contribution in [0, 0.1) is 5.92 Å². The Bertz CT molecular complexity index is 380. The van der Waals surface area contributed by atoms with Crippen molar-refractivity contribution in [3.05, 3.63) is 29.8 Å². The Hall–Kier alpha value is -1.02. The van der Waals surface area contributed by atoms with E-state index < -0.39 is 0 Å². The molecule has 0 saturated heterocycles. The third-order valence-electron chi connectivity index (χ3n) is 4.16. The van der Waals surface area contributed by atoms with Gasteiger partial charge in [-0.05, 0) is 25.3 Å². The Balaban J connectivity index is 2.13. The molecule has 1 aliphatic rings. The van der Waals surface area contributed by atoms with Crippen molar-refractivity contribution in [1.82, 2.24) is 0 Å². The van der Waals surface area contributed by atoms with Crippen molar-refractivity contribution >= 4 is 0 Å². The molecule has 0 amide bonds. The fourth-order valence-corrected chi connectivity index (χ4v) is 3.22. The summed E-state index contributed by atoms with van der Waals surface area (Å²) in [6.45, 7) is 2.14. The molecule has 100 valence electrons. The first kappa shape index (κ1) is 13.4. The molecule has 1 aromatic rings. The van der Waals surface area contributed by atoms with Crippen LogP contribution in [0.15, 0.2) is 24.3 Å². The standard InChI is InChI=1S/C16H25NO/c1-16(17,12-13-8-4-3-5-9-13)14-10-6-7-11-15(14)18-2/h6-7,10-11,13H,3-5,8-9,12,17H2,1-2H3. The smallest absolute Gasteiger partial charge is 0.123 e. The molecule has 2 heteroatoms. The maximum atomic E-state index is 6.57. The number of methoxy groups -OCH3 is 1. The molecule has 18 heavy (non-hydrogen) atoms. The van der Waals surface area contributed by atoms with E-state index in [0.29, 0.717) is 0 Å². The highest BCUT2D eigenvalue weighted by atomic mass is 16.5. The highest BCUT2D eigenvalue weighted by molar-refractivity contribution is 5.38. The first-order valence-corrected chi connectivity index (χ1v) is 7.06. The third-order valence-corrected chi connectivity index (χ3v) is 4.16. The first-order chi connectivity index (χ1) is 8.63. The van der Waals surface area contributed by atoms with Crippen molar-refractivity contribution in [3.8, 4) is 5.75 Å². The summed E-state index contributed by atoms with van der Waals surface area (Å²) in [6, 6.07) is 8.14. The van der Waals surface area contributed by atoms with Crippen LogP contribution < -0.4 is 10.5 Å². The lowest BCUT2D eigenvalue weighted by Gasteiger charge is -2.33. The van der Waals surface area contributed by atoms with Crippen LogP contribution in [0.5, 0.6) is 5.75 Å². The minimum Gasteiger partial charge on any atom is -0.496 e. The van der Waals surface area contributed by atoms with Crippen LogP contribution in [0.4, 0.5) is 0 Å². The quantitative estimate of drug-likeness (QED) is 0.877. The second-order valence-corrected chi connectivity index (χ2v) is 5.83. The van der Waals surface area contributed by atoms with Crippen LogP contribution in [0.25, 0.3) is 0 Å².